The molecule has 0 amide bonds. The summed E-state index contributed by atoms with van der Waals surface area (Å²) >= 11 is 0. The standard InChI is InChI=1S/C13H9F3N2O/c14-13(15,16)19-12-8-4-2-6-10(12)9-5-1-3-7-11(9)18-17/h1-8,17H. The van der Waals surface area contributed by atoms with Gasteiger partial charge in [-0.1, -0.05) is 36.4 Å². The fraction of sp³-hybridized carbons (Fsp3) is 0.0769. The third kappa shape index (κ3) is 3.09. The van der Waals surface area contributed by atoms with Gasteiger partial charge in [0.15, 0.2) is 0 Å². The summed E-state index contributed by atoms with van der Waals surface area (Å²) in [4.78, 5) is 0. The Morgan fingerprint density at radius 1 is 0.895 bits per heavy atom. The predicted octanol–water partition coefficient (Wildman–Crippen LogP) is 4.91. The summed E-state index contributed by atoms with van der Waals surface area (Å²) in [6.07, 6.45) is -4.76. The maximum absolute atomic E-state index is 12.3. The molecule has 0 atom stereocenters. The van der Waals surface area contributed by atoms with Crippen LogP contribution in [0.5, 0.6) is 5.75 Å². The maximum Gasteiger partial charge on any atom is 0.573 e. The van der Waals surface area contributed by atoms with Crippen molar-refractivity contribution in [2.75, 3.05) is 0 Å². The van der Waals surface area contributed by atoms with Gasteiger partial charge in [-0.2, -0.15) is 5.11 Å². The van der Waals surface area contributed by atoms with Crippen molar-refractivity contribution in [3.05, 3.63) is 48.5 Å². The average Bonchev–Trinajstić information content (AvgIpc) is 2.37. The lowest BCUT2D eigenvalue weighted by molar-refractivity contribution is -0.274. The van der Waals surface area contributed by atoms with Gasteiger partial charge in [-0.3, -0.25) is 0 Å². The van der Waals surface area contributed by atoms with Gasteiger partial charge in [0.1, 0.15) is 5.75 Å². The van der Waals surface area contributed by atoms with E-state index in [2.05, 4.69) is 9.85 Å². The number of nitrogens with zero attached hydrogens (tertiary/aromatic N) is 1. The summed E-state index contributed by atoms with van der Waals surface area (Å²) in [5.74, 6) is -0.314. The Bertz CT molecular complexity index is 596. The molecular formula is C13H9F3N2O. The van der Waals surface area contributed by atoms with Gasteiger partial charge in [-0.15, -0.1) is 13.2 Å². The predicted molar refractivity (Wildman–Crippen MR) is 63.4 cm³/mol. The number of benzene rings is 2. The van der Waals surface area contributed by atoms with Gasteiger partial charge in [0, 0.05) is 11.1 Å². The van der Waals surface area contributed by atoms with Crippen LogP contribution in [-0.2, 0) is 0 Å². The number of nitrogens with one attached hydrogen (secondary N) is 1. The van der Waals surface area contributed by atoms with Crippen LogP contribution in [0.3, 0.4) is 0 Å². The van der Waals surface area contributed by atoms with Crippen LogP contribution in [0.15, 0.2) is 53.6 Å². The monoisotopic (exact) mass is 266 g/mol. The lowest BCUT2D eigenvalue weighted by atomic mass is 10.0. The van der Waals surface area contributed by atoms with E-state index in [4.69, 9.17) is 5.53 Å². The van der Waals surface area contributed by atoms with Crippen molar-refractivity contribution in [2.45, 2.75) is 6.36 Å². The molecule has 3 nitrogen and oxygen atoms in total. The molecule has 1 N–H and O–H groups in total. The Balaban J connectivity index is 2.53. The van der Waals surface area contributed by atoms with Crippen molar-refractivity contribution >= 4 is 5.69 Å². The molecule has 2 rings (SSSR count). The number of hydrogen-bond donors (Lipinski definition) is 1. The van der Waals surface area contributed by atoms with Crippen LogP contribution in [0.2, 0.25) is 0 Å². The molecule has 0 saturated carbocycles. The second kappa shape index (κ2) is 5.09. The highest BCUT2D eigenvalue weighted by Crippen LogP contribution is 2.38. The molecule has 0 unspecified atom stereocenters. The summed E-state index contributed by atoms with van der Waals surface area (Å²) < 4.78 is 41.0. The Morgan fingerprint density at radius 2 is 1.47 bits per heavy atom. The second-order valence-corrected chi connectivity index (χ2v) is 3.67. The van der Waals surface area contributed by atoms with Crippen LogP contribution in [0.4, 0.5) is 18.9 Å². The van der Waals surface area contributed by atoms with E-state index in [0.717, 1.165) is 0 Å². The molecule has 98 valence electrons. The van der Waals surface area contributed by atoms with Gasteiger partial charge in [0.05, 0.1) is 5.69 Å². The largest absolute Gasteiger partial charge is 0.573 e. The topological polar surface area (TPSA) is 45.4 Å². The zero-order valence-electron chi connectivity index (χ0n) is 9.61. The lowest BCUT2D eigenvalue weighted by Crippen LogP contribution is -2.17. The maximum atomic E-state index is 12.3. The summed E-state index contributed by atoms with van der Waals surface area (Å²) in [5.41, 5.74) is 7.98. The fourth-order valence-corrected chi connectivity index (χ4v) is 1.70. The molecule has 0 aliphatic rings. The molecule has 19 heavy (non-hydrogen) atoms. The first-order chi connectivity index (χ1) is 9.01. The minimum Gasteiger partial charge on any atom is -0.405 e. The number of para-hydroxylation sites is 2. The van der Waals surface area contributed by atoms with E-state index in [1.807, 2.05) is 0 Å². The van der Waals surface area contributed by atoms with Gasteiger partial charge in [-0.05, 0) is 12.1 Å². The van der Waals surface area contributed by atoms with Crippen molar-refractivity contribution in [3.63, 3.8) is 0 Å². The van der Waals surface area contributed by atoms with Crippen LogP contribution >= 0.6 is 0 Å². The average molecular weight is 266 g/mol. The minimum atomic E-state index is -4.76. The van der Waals surface area contributed by atoms with E-state index in [1.54, 1.807) is 30.3 Å². The van der Waals surface area contributed by atoms with Gasteiger partial charge in [0.2, 0.25) is 0 Å². The first-order valence-electron chi connectivity index (χ1n) is 5.33. The second-order valence-electron chi connectivity index (χ2n) is 3.67. The highest BCUT2D eigenvalue weighted by Gasteiger charge is 2.32. The van der Waals surface area contributed by atoms with Crippen molar-refractivity contribution in [3.8, 4) is 16.9 Å². The number of rotatable bonds is 3. The van der Waals surface area contributed by atoms with E-state index >= 15 is 0 Å². The Morgan fingerprint density at radius 3 is 2.11 bits per heavy atom. The van der Waals surface area contributed by atoms with E-state index in [0.29, 0.717) is 5.56 Å². The molecule has 0 aliphatic heterocycles. The lowest BCUT2D eigenvalue weighted by Gasteiger charge is -2.14. The molecule has 2 aromatic rings. The highest BCUT2D eigenvalue weighted by molar-refractivity contribution is 5.79. The number of ether oxygens (including phenoxy) is 1. The molecule has 6 heteroatoms. The van der Waals surface area contributed by atoms with Gasteiger partial charge in [0.25, 0.3) is 0 Å². The van der Waals surface area contributed by atoms with Crippen LogP contribution in [0.1, 0.15) is 0 Å². The van der Waals surface area contributed by atoms with Crippen LogP contribution in [0.25, 0.3) is 11.1 Å². The first kappa shape index (κ1) is 13.1. The van der Waals surface area contributed by atoms with Crippen LogP contribution in [-0.4, -0.2) is 6.36 Å². The summed E-state index contributed by atoms with van der Waals surface area (Å²) in [7, 11) is 0. The van der Waals surface area contributed by atoms with E-state index < -0.39 is 6.36 Å². The first-order valence-corrected chi connectivity index (χ1v) is 5.33. The van der Waals surface area contributed by atoms with Crippen molar-refractivity contribution < 1.29 is 17.9 Å². The quantitative estimate of drug-likeness (QED) is 0.788. The molecule has 0 radical (unpaired) electrons. The van der Waals surface area contributed by atoms with Crippen molar-refractivity contribution in [2.24, 2.45) is 5.11 Å². The molecule has 0 bridgehead atoms. The fourth-order valence-electron chi connectivity index (χ4n) is 1.70. The van der Waals surface area contributed by atoms with E-state index in [-0.39, 0.29) is 17.0 Å². The zero-order valence-corrected chi connectivity index (χ0v) is 9.61. The molecular weight excluding hydrogens is 257 g/mol. The number of halogens is 3. The zero-order chi connectivity index (χ0) is 13.9. The Kier molecular flexibility index (Phi) is 3.50. The van der Waals surface area contributed by atoms with Crippen molar-refractivity contribution in [1.82, 2.24) is 0 Å². The van der Waals surface area contributed by atoms with Gasteiger partial charge in [-0.25, -0.2) is 5.53 Å². The van der Waals surface area contributed by atoms with Crippen molar-refractivity contribution in [1.29, 1.82) is 5.53 Å². The number of hydrogen-bond acceptors (Lipinski definition) is 3. The van der Waals surface area contributed by atoms with E-state index in [9.17, 15) is 13.2 Å². The molecule has 0 fully saturated rings. The third-order valence-corrected chi connectivity index (χ3v) is 2.43. The molecule has 2 aromatic carbocycles. The Labute approximate surface area is 107 Å². The van der Waals surface area contributed by atoms with E-state index in [1.165, 1.54) is 18.2 Å². The minimum absolute atomic E-state index is 0.242. The normalized spacial score (nSPS) is 11.1. The van der Waals surface area contributed by atoms with Gasteiger partial charge >= 0.3 is 6.36 Å². The smallest absolute Gasteiger partial charge is 0.405 e. The molecule has 0 aromatic heterocycles. The van der Waals surface area contributed by atoms with Crippen LogP contribution < -0.4 is 4.74 Å². The Hall–Kier alpha value is -2.37. The molecule has 0 saturated heterocycles. The summed E-state index contributed by atoms with van der Waals surface area (Å²) in [6, 6.07) is 12.2. The third-order valence-electron chi connectivity index (χ3n) is 2.43. The highest BCUT2D eigenvalue weighted by atomic mass is 19.4. The van der Waals surface area contributed by atoms with Crippen LogP contribution in [0, 0.1) is 5.53 Å². The SMILES string of the molecule is N=Nc1ccccc1-c1ccccc1OC(F)(F)F. The van der Waals surface area contributed by atoms with Gasteiger partial charge < -0.3 is 4.74 Å². The summed E-state index contributed by atoms with van der Waals surface area (Å²) in [5, 5.41) is 3.30. The molecule has 0 aliphatic carbocycles. The summed E-state index contributed by atoms with van der Waals surface area (Å²) in [6.45, 7) is 0. The molecule has 0 spiro atoms. The molecule has 0 heterocycles. The number of alkyl halides is 3.